The molecule has 0 spiro atoms. The average molecular weight is 395 g/mol. The van der Waals surface area contributed by atoms with Gasteiger partial charge in [0.25, 0.3) is 0 Å². The van der Waals surface area contributed by atoms with E-state index >= 15 is 0 Å². The Bertz CT molecular complexity index is 939. The molecule has 1 fully saturated rings. The summed E-state index contributed by atoms with van der Waals surface area (Å²) in [6, 6.07) is 12.6. The predicted molar refractivity (Wildman–Crippen MR) is 117 cm³/mol. The average Bonchev–Trinajstić information content (AvgIpc) is 3.17. The van der Waals surface area contributed by atoms with Crippen molar-refractivity contribution >= 4 is 17.3 Å². The summed E-state index contributed by atoms with van der Waals surface area (Å²) in [5.41, 5.74) is 3.25. The highest BCUT2D eigenvalue weighted by molar-refractivity contribution is 5.61. The lowest BCUT2D eigenvalue weighted by atomic mass is 10.0. The summed E-state index contributed by atoms with van der Waals surface area (Å²) in [7, 11) is 1.78. The summed E-state index contributed by atoms with van der Waals surface area (Å²) in [6.45, 7) is 6.90. The van der Waals surface area contributed by atoms with Gasteiger partial charge in [0, 0.05) is 31.8 Å². The van der Waals surface area contributed by atoms with Crippen molar-refractivity contribution in [2.75, 3.05) is 30.8 Å². The van der Waals surface area contributed by atoms with Crippen molar-refractivity contribution in [2.24, 2.45) is 0 Å². The van der Waals surface area contributed by atoms with Gasteiger partial charge >= 0.3 is 0 Å². The van der Waals surface area contributed by atoms with Crippen molar-refractivity contribution in [1.82, 2.24) is 19.9 Å². The molecule has 1 aliphatic rings. The van der Waals surface area contributed by atoms with Gasteiger partial charge in [-0.3, -0.25) is 0 Å². The number of fused-ring (bicyclic) bond motifs is 1. The zero-order chi connectivity index (χ0) is 20.2. The summed E-state index contributed by atoms with van der Waals surface area (Å²) in [5.74, 6) is 2.11. The topological polar surface area (TPSA) is 75.5 Å². The molecule has 4 rings (SSSR count). The standard InChI is InChI=1S/C22H30N6O/c1-15(2)17-13-25-28-21(24-12-16-7-5-4-6-8-16)11-20(27-22(17)28)26-18-14-23-10-9-19(18)29-3/h4-8,11,13,15,18-19,23-24H,9-10,12,14H2,1-3H3,(H,26,27). The number of hydrogen-bond donors (Lipinski definition) is 3. The summed E-state index contributed by atoms with van der Waals surface area (Å²) in [4.78, 5) is 4.90. The van der Waals surface area contributed by atoms with Gasteiger partial charge in [-0.25, -0.2) is 4.98 Å². The van der Waals surface area contributed by atoms with E-state index in [-0.39, 0.29) is 12.1 Å². The molecule has 2 aromatic heterocycles. The summed E-state index contributed by atoms with van der Waals surface area (Å²) >= 11 is 0. The molecule has 7 nitrogen and oxygen atoms in total. The van der Waals surface area contributed by atoms with Crippen LogP contribution in [0.3, 0.4) is 0 Å². The van der Waals surface area contributed by atoms with E-state index in [0.717, 1.165) is 48.9 Å². The van der Waals surface area contributed by atoms with Crippen molar-refractivity contribution < 1.29 is 4.74 Å². The van der Waals surface area contributed by atoms with Gasteiger partial charge in [-0.05, 0) is 24.4 Å². The maximum absolute atomic E-state index is 5.68. The first-order valence-electron chi connectivity index (χ1n) is 10.3. The first-order chi connectivity index (χ1) is 14.2. The highest BCUT2D eigenvalue weighted by atomic mass is 16.5. The number of nitrogens with one attached hydrogen (secondary N) is 3. The molecule has 29 heavy (non-hydrogen) atoms. The van der Waals surface area contributed by atoms with Crippen LogP contribution in [0.2, 0.25) is 0 Å². The Hall–Kier alpha value is -2.64. The van der Waals surface area contributed by atoms with Crippen LogP contribution in [0.25, 0.3) is 5.65 Å². The second kappa shape index (κ2) is 8.80. The van der Waals surface area contributed by atoms with Crippen molar-refractivity contribution in [2.45, 2.75) is 44.9 Å². The lowest BCUT2D eigenvalue weighted by Gasteiger charge is -2.32. The number of piperidine rings is 1. The molecule has 3 heterocycles. The first-order valence-corrected chi connectivity index (χ1v) is 10.3. The van der Waals surface area contributed by atoms with Crippen molar-refractivity contribution in [1.29, 1.82) is 0 Å². The van der Waals surface area contributed by atoms with Crippen LogP contribution in [0, 0.1) is 0 Å². The Morgan fingerprint density at radius 3 is 2.86 bits per heavy atom. The van der Waals surface area contributed by atoms with Crippen LogP contribution in [0.4, 0.5) is 11.6 Å². The molecule has 2 atom stereocenters. The van der Waals surface area contributed by atoms with E-state index < -0.39 is 0 Å². The molecule has 154 valence electrons. The molecule has 0 saturated carbocycles. The van der Waals surface area contributed by atoms with E-state index in [1.165, 1.54) is 5.56 Å². The molecule has 1 aliphatic heterocycles. The zero-order valence-electron chi connectivity index (χ0n) is 17.4. The smallest absolute Gasteiger partial charge is 0.163 e. The minimum atomic E-state index is 0.171. The maximum Gasteiger partial charge on any atom is 0.163 e. The third-order valence-corrected chi connectivity index (χ3v) is 5.49. The molecule has 0 radical (unpaired) electrons. The van der Waals surface area contributed by atoms with E-state index in [4.69, 9.17) is 9.72 Å². The van der Waals surface area contributed by atoms with Crippen LogP contribution in [-0.2, 0) is 11.3 Å². The SMILES string of the molecule is COC1CCNCC1Nc1cc(NCc2ccccc2)n2ncc(C(C)C)c2n1. The van der Waals surface area contributed by atoms with Gasteiger partial charge in [-0.1, -0.05) is 44.2 Å². The highest BCUT2D eigenvalue weighted by Gasteiger charge is 2.25. The van der Waals surface area contributed by atoms with E-state index in [1.54, 1.807) is 7.11 Å². The summed E-state index contributed by atoms with van der Waals surface area (Å²) in [6.07, 6.45) is 3.08. The molecule has 0 aliphatic carbocycles. The van der Waals surface area contributed by atoms with Crippen LogP contribution >= 0.6 is 0 Å². The fourth-order valence-electron chi connectivity index (χ4n) is 3.83. The minimum Gasteiger partial charge on any atom is -0.379 e. The lowest BCUT2D eigenvalue weighted by Crippen LogP contribution is -2.49. The van der Waals surface area contributed by atoms with Crippen LogP contribution in [0.1, 0.15) is 37.3 Å². The lowest BCUT2D eigenvalue weighted by molar-refractivity contribution is 0.0664. The maximum atomic E-state index is 5.68. The third kappa shape index (κ3) is 4.36. The molecule has 3 N–H and O–H groups in total. The van der Waals surface area contributed by atoms with E-state index in [9.17, 15) is 0 Å². The van der Waals surface area contributed by atoms with Crippen molar-refractivity contribution in [3.63, 3.8) is 0 Å². The largest absolute Gasteiger partial charge is 0.379 e. The normalized spacial score (nSPS) is 19.6. The zero-order valence-corrected chi connectivity index (χ0v) is 17.4. The molecule has 0 bridgehead atoms. The van der Waals surface area contributed by atoms with E-state index in [1.807, 2.05) is 22.8 Å². The number of nitrogens with zero attached hydrogens (tertiary/aromatic N) is 3. The number of rotatable bonds is 7. The van der Waals surface area contributed by atoms with Gasteiger partial charge in [0.15, 0.2) is 5.65 Å². The minimum absolute atomic E-state index is 0.171. The van der Waals surface area contributed by atoms with Crippen LogP contribution in [0.15, 0.2) is 42.6 Å². The number of methoxy groups -OCH3 is 1. The Morgan fingerprint density at radius 2 is 2.10 bits per heavy atom. The van der Waals surface area contributed by atoms with Crippen molar-refractivity contribution in [3.8, 4) is 0 Å². The third-order valence-electron chi connectivity index (χ3n) is 5.49. The molecular weight excluding hydrogens is 364 g/mol. The Morgan fingerprint density at radius 1 is 1.28 bits per heavy atom. The predicted octanol–water partition coefficient (Wildman–Crippen LogP) is 3.25. The number of benzene rings is 1. The molecule has 3 aromatic rings. The molecule has 7 heteroatoms. The molecule has 1 saturated heterocycles. The van der Waals surface area contributed by atoms with Crippen LogP contribution in [0.5, 0.6) is 0 Å². The highest BCUT2D eigenvalue weighted by Crippen LogP contribution is 2.25. The molecule has 0 amide bonds. The molecule has 2 unspecified atom stereocenters. The summed E-state index contributed by atoms with van der Waals surface area (Å²) in [5, 5.41) is 15.2. The Balaban J connectivity index is 1.65. The van der Waals surface area contributed by atoms with Crippen LogP contribution in [-0.4, -0.2) is 46.9 Å². The Labute approximate surface area is 171 Å². The van der Waals surface area contributed by atoms with Gasteiger partial charge in [-0.2, -0.15) is 9.61 Å². The molecular formula is C22H30N6O. The van der Waals surface area contributed by atoms with Crippen molar-refractivity contribution in [3.05, 3.63) is 53.7 Å². The van der Waals surface area contributed by atoms with Gasteiger partial charge < -0.3 is 20.7 Å². The number of ether oxygens (including phenoxy) is 1. The molecule has 1 aromatic carbocycles. The number of anilines is 2. The van der Waals surface area contributed by atoms with E-state index in [2.05, 4.69) is 59.2 Å². The second-order valence-electron chi connectivity index (χ2n) is 7.87. The first kappa shape index (κ1) is 19.7. The van der Waals surface area contributed by atoms with Gasteiger partial charge in [0.2, 0.25) is 0 Å². The van der Waals surface area contributed by atoms with E-state index in [0.29, 0.717) is 5.92 Å². The fourth-order valence-corrected chi connectivity index (χ4v) is 3.83. The number of hydrogen-bond acceptors (Lipinski definition) is 6. The summed E-state index contributed by atoms with van der Waals surface area (Å²) < 4.78 is 7.58. The number of aromatic nitrogens is 3. The quantitative estimate of drug-likeness (QED) is 0.571. The van der Waals surface area contributed by atoms with Gasteiger partial charge in [-0.15, -0.1) is 0 Å². The second-order valence-corrected chi connectivity index (χ2v) is 7.87. The monoisotopic (exact) mass is 394 g/mol. The van der Waals surface area contributed by atoms with Gasteiger partial charge in [0.1, 0.15) is 11.6 Å². The van der Waals surface area contributed by atoms with Crippen LogP contribution < -0.4 is 16.0 Å². The Kier molecular flexibility index (Phi) is 5.97. The van der Waals surface area contributed by atoms with Gasteiger partial charge in [0.05, 0.1) is 18.3 Å². The fraction of sp³-hybridized carbons (Fsp3) is 0.455.